The molecule has 0 N–H and O–H groups in total. The highest BCUT2D eigenvalue weighted by Gasteiger charge is 2.28. The van der Waals surface area contributed by atoms with E-state index in [9.17, 15) is 4.79 Å². The number of aromatic nitrogens is 3. The number of likely N-dealkylation sites (tertiary alicyclic amines) is 1. The van der Waals surface area contributed by atoms with E-state index in [-0.39, 0.29) is 17.9 Å². The van der Waals surface area contributed by atoms with E-state index in [0.29, 0.717) is 18.9 Å². The number of hydrogen-bond acceptors (Lipinski definition) is 4. The standard InChI is InChI=1S/C16H22N4O2/c1-12(19-7-3-4-8-19)10-15(21)20-9-5-6-14(11-20)16-17-13(2)22-18-16/h3-4,7-8,12,14H,5-6,9-11H2,1-2H3/t12-,14+/m1/s1. The largest absolute Gasteiger partial charge is 0.351 e. The molecular formula is C16H22N4O2. The molecule has 0 radical (unpaired) electrons. The van der Waals surface area contributed by atoms with Crippen LogP contribution in [0.4, 0.5) is 0 Å². The first-order chi connectivity index (χ1) is 10.6. The van der Waals surface area contributed by atoms with Crippen LogP contribution in [0.3, 0.4) is 0 Å². The predicted molar refractivity (Wildman–Crippen MR) is 81.4 cm³/mol. The lowest BCUT2D eigenvalue weighted by atomic mass is 9.97. The lowest BCUT2D eigenvalue weighted by Crippen LogP contribution is -2.40. The third-order valence-electron chi connectivity index (χ3n) is 4.29. The average molecular weight is 302 g/mol. The van der Waals surface area contributed by atoms with Crippen LogP contribution in [0.2, 0.25) is 0 Å². The van der Waals surface area contributed by atoms with Crippen LogP contribution >= 0.6 is 0 Å². The summed E-state index contributed by atoms with van der Waals surface area (Å²) in [6, 6.07) is 4.14. The maximum atomic E-state index is 12.5. The van der Waals surface area contributed by atoms with Gasteiger partial charge in [0.05, 0.1) is 0 Å². The van der Waals surface area contributed by atoms with E-state index >= 15 is 0 Å². The van der Waals surface area contributed by atoms with Gasteiger partial charge in [-0.2, -0.15) is 4.98 Å². The topological polar surface area (TPSA) is 64.2 Å². The van der Waals surface area contributed by atoms with Crippen molar-refractivity contribution >= 4 is 5.91 Å². The summed E-state index contributed by atoms with van der Waals surface area (Å²) in [5, 5.41) is 4.01. The van der Waals surface area contributed by atoms with Crippen LogP contribution < -0.4 is 0 Å². The molecule has 0 aromatic carbocycles. The van der Waals surface area contributed by atoms with Crippen molar-refractivity contribution in [2.45, 2.75) is 45.1 Å². The summed E-state index contributed by atoms with van der Waals surface area (Å²) in [7, 11) is 0. The number of aryl methyl sites for hydroxylation is 1. The average Bonchev–Trinajstić information content (AvgIpc) is 3.18. The first-order valence-electron chi connectivity index (χ1n) is 7.84. The molecule has 0 spiro atoms. The number of carbonyl (C=O) groups excluding carboxylic acids is 1. The second kappa shape index (κ2) is 6.34. The van der Waals surface area contributed by atoms with E-state index in [4.69, 9.17) is 4.52 Å². The van der Waals surface area contributed by atoms with Crippen molar-refractivity contribution in [1.29, 1.82) is 0 Å². The zero-order chi connectivity index (χ0) is 15.5. The van der Waals surface area contributed by atoms with E-state index in [1.807, 2.05) is 29.4 Å². The maximum absolute atomic E-state index is 12.5. The van der Waals surface area contributed by atoms with Gasteiger partial charge in [-0.25, -0.2) is 0 Å². The fourth-order valence-electron chi connectivity index (χ4n) is 3.02. The fourth-order valence-corrected chi connectivity index (χ4v) is 3.02. The molecule has 2 aromatic rings. The molecule has 22 heavy (non-hydrogen) atoms. The molecule has 3 rings (SSSR count). The molecule has 1 aliphatic rings. The molecule has 3 heterocycles. The van der Waals surface area contributed by atoms with Crippen molar-refractivity contribution in [3.63, 3.8) is 0 Å². The Hall–Kier alpha value is -2.11. The second-order valence-corrected chi connectivity index (χ2v) is 6.03. The van der Waals surface area contributed by atoms with Crippen molar-refractivity contribution in [1.82, 2.24) is 19.6 Å². The summed E-state index contributed by atoms with van der Waals surface area (Å²) in [6.07, 6.45) is 6.52. The fraction of sp³-hybridized carbons (Fsp3) is 0.562. The van der Waals surface area contributed by atoms with E-state index < -0.39 is 0 Å². The van der Waals surface area contributed by atoms with Gasteiger partial charge in [-0.3, -0.25) is 4.79 Å². The van der Waals surface area contributed by atoms with E-state index in [0.717, 1.165) is 25.2 Å². The van der Waals surface area contributed by atoms with Crippen molar-refractivity contribution in [2.75, 3.05) is 13.1 Å². The Kier molecular flexibility index (Phi) is 4.27. The number of carbonyl (C=O) groups is 1. The SMILES string of the molecule is Cc1nc([C@H]2CCCN(C(=O)C[C@@H](C)n3cccc3)C2)no1. The highest BCUT2D eigenvalue weighted by molar-refractivity contribution is 5.76. The van der Waals surface area contributed by atoms with E-state index in [2.05, 4.69) is 21.6 Å². The predicted octanol–water partition coefficient (Wildman–Crippen LogP) is 2.54. The normalized spacial score (nSPS) is 20.1. The van der Waals surface area contributed by atoms with Gasteiger partial charge >= 0.3 is 0 Å². The molecule has 1 amide bonds. The Balaban J connectivity index is 1.60. The van der Waals surface area contributed by atoms with Crippen molar-refractivity contribution in [2.24, 2.45) is 0 Å². The minimum Gasteiger partial charge on any atom is -0.351 e. The molecule has 1 fully saturated rings. The van der Waals surface area contributed by atoms with Gasteiger partial charge in [-0.1, -0.05) is 5.16 Å². The minimum absolute atomic E-state index is 0.176. The molecular weight excluding hydrogens is 280 g/mol. The minimum atomic E-state index is 0.176. The lowest BCUT2D eigenvalue weighted by Gasteiger charge is -2.32. The highest BCUT2D eigenvalue weighted by atomic mass is 16.5. The monoisotopic (exact) mass is 302 g/mol. The van der Waals surface area contributed by atoms with Crippen molar-refractivity contribution in [3.05, 3.63) is 36.2 Å². The first kappa shape index (κ1) is 14.8. The Bertz CT molecular complexity index is 620. The zero-order valence-electron chi connectivity index (χ0n) is 13.1. The van der Waals surface area contributed by atoms with Gasteiger partial charge < -0.3 is 14.0 Å². The third kappa shape index (κ3) is 3.21. The Morgan fingerprint density at radius 1 is 1.45 bits per heavy atom. The van der Waals surface area contributed by atoms with Crippen LogP contribution in [0.1, 0.15) is 49.9 Å². The first-order valence-corrected chi connectivity index (χ1v) is 7.84. The summed E-state index contributed by atoms with van der Waals surface area (Å²) < 4.78 is 7.13. The van der Waals surface area contributed by atoms with Gasteiger partial charge in [-0.05, 0) is 31.9 Å². The Labute approximate surface area is 130 Å². The molecule has 0 bridgehead atoms. The quantitative estimate of drug-likeness (QED) is 0.870. The molecule has 0 unspecified atom stereocenters. The summed E-state index contributed by atoms with van der Waals surface area (Å²) in [5.41, 5.74) is 0. The lowest BCUT2D eigenvalue weighted by molar-refractivity contribution is -0.133. The van der Waals surface area contributed by atoms with Gasteiger partial charge in [0.15, 0.2) is 5.82 Å². The molecule has 6 nitrogen and oxygen atoms in total. The third-order valence-corrected chi connectivity index (χ3v) is 4.29. The summed E-state index contributed by atoms with van der Waals surface area (Å²) in [6.45, 7) is 5.38. The molecule has 2 atom stereocenters. The van der Waals surface area contributed by atoms with Gasteiger partial charge in [0.25, 0.3) is 0 Å². The summed E-state index contributed by atoms with van der Waals surface area (Å²) >= 11 is 0. The van der Waals surface area contributed by atoms with Crippen LogP contribution in [0.15, 0.2) is 29.0 Å². The van der Waals surface area contributed by atoms with Crippen LogP contribution in [-0.2, 0) is 4.79 Å². The van der Waals surface area contributed by atoms with Crippen molar-refractivity contribution in [3.8, 4) is 0 Å². The molecule has 118 valence electrons. The van der Waals surface area contributed by atoms with E-state index in [1.54, 1.807) is 6.92 Å². The van der Waals surface area contributed by atoms with E-state index in [1.165, 1.54) is 0 Å². The molecule has 1 aliphatic heterocycles. The van der Waals surface area contributed by atoms with Crippen LogP contribution in [0, 0.1) is 6.92 Å². The Morgan fingerprint density at radius 2 is 2.23 bits per heavy atom. The number of nitrogens with zero attached hydrogens (tertiary/aromatic N) is 4. The number of hydrogen-bond donors (Lipinski definition) is 0. The molecule has 0 saturated carbocycles. The molecule has 2 aromatic heterocycles. The Morgan fingerprint density at radius 3 is 2.91 bits per heavy atom. The molecule has 0 aliphatic carbocycles. The van der Waals surface area contributed by atoms with Gasteiger partial charge in [0.1, 0.15) is 0 Å². The summed E-state index contributed by atoms with van der Waals surface area (Å²) in [5.74, 6) is 1.70. The summed E-state index contributed by atoms with van der Waals surface area (Å²) in [4.78, 5) is 18.8. The second-order valence-electron chi connectivity index (χ2n) is 6.03. The van der Waals surface area contributed by atoms with Crippen LogP contribution in [0.25, 0.3) is 0 Å². The zero-order valence-corrected chi connectivity index (χ0v) is 13.1. The smallest absolute Gasteiger partial charge is 0.224 e. The number of amides is 1. The van der Waals surface area contributed by atoms with Crippen molar-refractivity contribution < 1.29 is 9.32 Å². The van der Waals surface area contributed by atoms with Crippen LogP contribution in [0.5, 0.6) is 0 Å². The van der Waals surface area contributed by atoms with Gasteiger partial charge in [-0.15, -0.1) is 0 Å². The molecule has 1 saturated heterocycles. The number of rotatable bonds is 4. The maximum Gasteiger partial charge on any atom is 0.224 e. The number of piperidine rings is 1. The van der Waals surface area contributed by atoms with Gasteiger partial charge in [0, 0.05) is 50.8 Å². The molecule has 6 heteroatoms. The van der Waals surface area contributed by atoms with Gasteiger partial charge in [0.2, 0.25) is 11.8 Å². The highest BCUT2D eigenvalue weighted by Crippen LogP contribution is 2.26. The van der Waals surface area contributed by atoms with Crippen LogP contribution in [-0.4, -0.2) is 38.6 Å².